The molecular weight excluding hydrogens is 272 g/mol. The smallest absolute Gasteiger partial charge is 0.195 e. The first-order valence-electron chi connectivity index (χ1n) is 6.88. The Hall–Kier alpha value is 0.160. The first kappa shape index (κ1) is 14.6. The average molecular weight is 295 g/mol. The van der Waals surface area contributed by atoms with E-state index in [-0.39, 0.29) is 12.1 Å². The summed E-state index contributed by atoms with van der Waals surface area (Å²) in [5, 5.41) is 0. The molecule has 6 heteroatoms. The second-order valence-electron chi connectivity index (χ2n) is 5.38. The molecule has 4 nitrogen and oxygen atoms in total. The van der Waals surface area contributed by atoms with E-state index in [0.717, 1.165) is 44.9 Å². The molecule has 2 aliphatic rings. The summed E-state index contributed by atoms with van der Waals surface area (Å²) in [5.74, 6) is 0.401. The van der Waals surface area contributed by atoms with Crippen LogP contribution < -0.4 is 0 Å². The fourth-order valence-corrected chi connectivity index (χ4v) is 5.29. The monoisotopic (exact) mass is 294 g/mol. The van der Waals surface area contributed by atoms with E-state index in [0.29, 0.717) is 12.4 Å². The van der Waals surface area contributed by atoms with Gasteiger partial charge >= 0.3 is 0 Å². The Bertz CT molecular complexity index is 368. The van der Waals surface area contributed by atoms with Gasteiger partial charge in [-0.25, -0.2) is 0 Å². The number of piperidine rings is 1. The second-order valence-corrected chi connectivity index (χ2v) is 7.63. The summed E-state index contributed by atoms with van der Waals surface area (Å²) < 4.78 is 28.5. The lowest BCUT2D eigenvalue weighted by atomic mass is 10.1. The SMILES string of the molecule is CN(C1CCCC1)S(=O)(=O)N1CCCCC1CCl. The summed E-state index contributed by atoms with van der Waals surface area (Å²) in [6.45, 7) is 0.622. The largest absolute Gasteiger partial charge is 0.282 e. The summed E-state index contributed by atoms with van der Waals surface area (Å²) in [5.41, 5.74) is 0. The molecule has 0 N–H and O–H groups in total. The molecule has 18 heavy (non-hydrogen) atoms. The van der Waals surface area contributed by atoms with Crippen LogP contribution in [-0.4, -0.2) is 48.6 Å². The molecule has 0 spiro atoms. The van der Waals surface area contributed by atoms with Crippen LogP contribution in [0.3, 0.4) is 0 Å². The van der Waals surface area contributed by atoms with Crippen molar-refractivity contribution < 1.29 is 8.42 Å². The highest BCUT2D eigenvalue weighted by Gasteiger charge is 2.37. The van der Waals surface area contributed by atoms with Crippen molar-refractivity contribution in [3.8, 4) is 0 Å². The van der Waals surface area contributed by atoms with Gasteiger partial charge in [0.2, 0.25) is 0 Å². The molecule has 1 aliphatic heterocycles. The van der Waals surface area contributed by atoms with E-state index in [1.165, 1.54) is 0 Å². The molecule has 0 bridgehead atoms. The van der Waals surface area contributed by atoms with Crippen molar-refractivity contribution in [1.82, 2.24) is 8.61 Å². The molecule has 1 saturated carbocycles. The molecule has 1 unspecified atom stereocenters. The Morgan fingerprint density at radius 1 is 1.17 bits per heavy atom. The van der Waals surface area contributed by atoms with Crippen LogP contribution in [0, 0.1) is 0 Å². The zero-order valence-corrected chi connectivity index (χ0v) is 12.6. The van der Waals surface area contributed by atoms with Crippen LogP contribution in [-0.2, 0) is 10.2 Å². The van der Waals surface area contributed by atoms with Crippen LogP contribution >= 0.6 is 11.6 Å². The van der Waals surface area contributed by atoms with Crippen molar-refractivity contribution >= 4 is 21.8 Å². The van der Waals surface area contributed by atoms with Gasteiger partial charge in [-0.3, -0.25) is 0 Å². The molecule has 1 heterocycles. The van der Waals surface area contributed by atoms with Gasteiger partial charge in [-0.05, 0) is 25.7 Å². The molecule has 1 aliphatic carbocycles. The van der Waals surface area contributed by atoms with Crippen LogP contribution in [0.4, 0.5) is 0 Å². The predicted molar refractivity (Wildman–Crippen MR) is 74.0 cm³/mol. The lowest BCUT2D eigenvalue weighted by Crippen LogP contribution is -2.52. The standard InChI is InChI=1S/C12H23ClN2O2S/c1-14(11-6-2-3-7-11)18(16,17)15-9-5-4-8-12(15)10-13/h11-12H,2-10H2,1H3. The predicted octanol–water partition coefficient (Wildman–Crippen LogP) is 2.20. The van der Waals surface area contributed by atoms with Gasteiger partial charge < -0.3 is 0 Å². The fourth-order valence-electron chi connectivity index (χ4n) is 3.05. The molecule has 0 aromatic rings. The highest BCUT2D eigenvalue weighted by Crippen LogP contribution is 2.29. The van der Waals surface area contributed by atoms with E-state index in [9.17, 15) is 8.42 Å². The Morgan fingerprint density at radius 2 is 1.78 bits per heavy atom. The maximum absolute atomic E-state index is 12.6. The minimum atomic E-state index is -3.32. The topological polar surface area (TPSA) is 40.6 Å². The zero-order valence-electron chi connectivity index (χ0n) is 11.0. The molecule has 2 fully saturated rings. The molecule has 0 radical (unpaired) electrons. The number of alkyl halides is 1. The van der Waals surface area contributed by atoms with Crippen LogP contribution in [0.2, 0.25) is 0 Å². The van der Waals surface area contributed by atoms with Gasteiger partial charge in [-0.1, -0.05) is 19.3 Å². The Balaban J connectivity index is 2.12. The third-order valence-electron chi connectivity index (χ3n) is 4.25. The first-order valence-corrected chi connectivity index (χ1v) is 8.81. The van der Waals surface area contributed by atoms with Crippen LogP contribution in [0.1, 0.15) is 44.9 Å². The molecule has 2 rings (SSSR count). The van der Waals surface area contributed by atoms with Gasteiger partial charge in [0.1, 0.15) is 0 Å². The maximum atomic E-state index is 12.6. The molecule has 1 saturated heterocycles. The Kier molecular flexibility index (Phi) is 4.92. The maximum Gasteiger partial charge on any atom is 0.282 e. The van der Waals surface area contributed by atoms with Crippen LogP contribution in [0.25, 0.3) is 0 Å². The molecule has 0 amide bonds. The Labute approximate surface area is 115 Å². The van der Waals surface area contributed by atoms with Crippen molar-refractivity contribution in [2.45, 2.75) is 57.0 Å². The number of rotatable bonds is 4. The van der Waals surface area contributed by atoms with E-state index in [4.69, 9.17) is 11.6 Å². The van der Waals surface area contributed by atoms with Gasteiger partial charge in [0.05, 0.1) is 0 Å². The Morgan fingerprint density at radius 3 is 2.39 bits per heavy atom. The number of nitrogens with zero attached hydrogens (tertiary/aromatic N) is 2. The van der Waals surface area contributed by atoms with Gasteiger partial charge in [0.15, 0.2) is 0 Å². The van der Waals surface area contributed by atoms with Crippen molar-refractivity contribution in [3.05, 3.63) is 0 Å². The quantitative estimate of drug-likeness (QED) is 0.746. The van der Waals surface area contributed by atoms with Crippen LogP contribution in [0.15, 0.2) is 0 Å². The number of halogens is 1. The molecular formula is C12H23ClN2O2S. The number of hydrogen-bond acceptors (Lipinski definition) is 2. The van der Waals surface area contributed by atoms with E-state index in [1.54, 1.807) is 15.7 Å². The summed E-state index contributed by atoms with van der Waals surface area (Å²) >= 11 is 5.92. The lowest BCUT2D eigenvalue weighted by molar-refractivity contribution is 0.241. The fraction of sp³-hybridized carbons (Fsp3) is 1.00. The normalized spacial score (nSPS) is 28.1. The average Bonchev–Trinajstić information content (AvgIpc) is 2.91. The highest BCUT2D eigenvalue weighted by molar-refractivity contribution is 7.86. The summed E-state index contributed by atoms with van der Waals surface area (Å²) in [6.07, 6.45) is 7.19. The van der Waals surface area contributed by atoms with Crippen molar-refractivity contribution in [3.63, 3.8) is 0 Å². The summed E-state index contributed by atoms with van der Waals surface area (Å²) in [7, 11) is -1.60. The molecule has 0 aromatic heterocycles. The summed E-state index contributed by atoms with van der Waals surface area (Å²) in [6, 6.07) is 0.169. The molecule has 106 valence electrons. The summed E-state index contributed by atoms with van der Waals surface area (Å²) in [4.78, 5) is 0. The van der Waals surface area contributed by atoms with Gasteiger partial charge in [-0.2, -0.15) is 17.0 Å². The number of hydrogen-bond donors (Lipinski definition) is 0. The van der Waals surface area contributed by atoms with Crippen LogP contribution in [0.5, 0.6) is 0 Å². The van der Waals surface area contributed by atoms with Gasteiger partial charge in [-0.15, -0.1) is 11.6 Å². The first-order chi connectivity index (χ1) is 8.57. The third kappa shape index (κ3) is 2.84. The zero-order chi connectivity index (χ0) is 13.2. The van der Waals surface area contributed by atoms with E-state index in [2.05, 4.69) is 0 Å². The van der Waals surface area contributed by atoms with Gasteiger partial charge in [0, 0.05) is 31.6 Å². The van der Waals surface area contributed by atoms with E-state index < -0.39 is 10.2 Å². The lowest BCUT2D eigenvalue weighted by Gasteiger charge is -2.37. The van der Waals surface area contributed by atoms with Crippen molar-refractivity contribution in [2.75, 3.05) is 19.5 Å². The second kappa shape index (κ2) is 6.07. The van der Waals surface area contributed by atoms with Crippen molar-refractivity contribution in [2.24, 2.45) is 0 Å². The van der Waals surface area contributed by atoms with Crippen molar-refractivity contribution in [1.29, 1.82) is 0 Å². The van der Waals surface area contributed by atoms with E-state index in [1.807, 2.05) is 0 Å². The minimum absolute atomic E-state index is 0.0192. The highest BCUT2D eigenvalue weighted by atomic mass is 35.5. The van der Waals surface area contributed by atoms with Gasteiger partial charge in [0.25, 0.3) is 10.2 Å². The third-order valence-corrected chi connectivity index (χ3v) is 6.71. The molecule has 1 atom stereocenters. The van der Waals surface area contributed by atoms with E-state index >= 15 is 0 Å². The minimum Gasteiger partial charge on any atom is -0.195 e. The molecule has 0 aromatic carbocycles.